The molecular formula is C10H11NO3. The fourth-order valence-electron chi connectivity index (χ4n) is 1.23. The summed E-state index contributed by atoms with van der Waals surface area (Å²) >= 11 is 0. The van der Waals surface area contributed by atoms with E-state index in [1.807, 2.05) is 0 Å². The van der Waals surface area contributed by atoms with Gasteiger partial charge in [0.15, 0.2) is 0 Å². The van der Waals surface area contributed by atoms with Gasteiger partial charge in [0.1, 0.15) is 5.69 Å². The molecule has 0 aliphatic heterocycles. The molecular weight excluding hydrogens is 182 g/mol. The zero-order chi connectivity index (χ0) is 10.6. The minimum absolute atomic E-state index is 0.104. The molecule has 0 heterocycles. The summed E-state index contributed by atoms with van der Waals surface area (Å²) in [6.45, 7) is 1.78. The van der Waals surface area contributed by atoms with Crippen LogP contribution in [0.4, 0.5) is 5.69 Å². The van der Waals surface area contributed by atoms with Crippen molar-refractivity contribution >= 4 is 11.7 Å². The van der Waals surface area contributed by atoms with Crippen molar-refractivity contribution in [1.82, 2.24) is 0 Å². The van der Waals surface area contributed by atoms with Crippen molar-refractivity contribution in [3.05, 3.63) is 34.2 Å². The molecule has 1 N–H and O–H groups in total. The van der Waals surface area contributed by atoms with Crippen molar-refractivity contribution in [3.8, 4) is 0 Å². The Hall–Kier alpha value is -1.71. The highest BCUT2D eigenvalue weighted by Gasteiger charge is 2.02. The van der Waals surface area contributed by atoms with E-state index in [1.54, 1.807) is 25.1 Å². The Morgan fingerprint density at radius 2 is 2.21 bits per heavy atom. The zero-order valence-corrected chi connectivity index (χ0v) is 7.86. The summed E-state index contributed by atoms with van der Waals surface area (Å²) < 4.78 is 0. The van der Waals surface area contributed by atoms with Gasteiger partial charge in [0, 0.05) is 6.42 Å². The Morgan fingerprint density at radius 1 is 1.50 bits per heavy atom. The van der Waals surface area contributed by atoms with Crippen LogP contribution in [0.2, 0.25) is 0 Å². The Kier molecular flexibility index (Phi) is 3.34. The highest BCUT2D eigenvalue weighted by Crippen LogP contribution is 2.19. The number of nitrogens with zero attached hydrogens (tertiary/aromatic N) is 1. The van der Waals surface area contributed by atoms with Crippen molar-refractivity contribution in [1.29, 1.82) is 0 Å². The molecule has 0 bridgehead atoms. The molecule has 4 heteroatoms. The maximum atomic E-state index is 10.3. The number of carbonyl (C=O) groups is 1. The highest BCUT2D eigenvalue weighted by molar-refractivity contribution is 5.67. The number of benzene rings is 1. The molecule has 14 heavy (non-hydrogen) atoms. The van der Waals surface area contributed by atoms with Crippen LogP contribution in [0.25, 0.3) is 0 Å². The third kappa shape index (κ3) is 2.65. The first-order valence-corrected chi connectivity index (χ1v) is 4.28. The van der Waals surface area contributed by atoms with Crippen LogP contribution in [0, 0.1) is 11.8 Å². The highest BCUT2D eigenvalue weighted by atomic mass is 16.4. The van der Waals surface area contributed by atoms with Gasteiger partial charge >= 0.3 is 5.97 Å². The largest absolute Gasteiger partial charge is 0.481 e. The quantitative estimate of drug-likeness (QED) is 0.746. The summed E-state index contributed by atoms with van der Waals surface area (Å²) in [7, 11) is 0. The van der Waals surface area contributed by atoms with Gasteiger partial charge in [0.25, 0.3) is 0 Å². The molecule has 0 saturated carbocycles. The first-order chi connectivity index (χ1) is 6.63. The zero-order valence-electron chi connectivity index (χ0n) is 7.86. The topological polar surface area (TPSA) is 66.7 Å². The average molecular weight is 193 g/mol. The van der Waals surface area contributed by atoms with Crippen LogP contribution in [0.3, 0.4) is 0 Å². The van der Waals surface area contributed by atoms with Crippen molar-refractivity contribution in [2.45, 2.75) is 19.8 Å². The number of rotatable bonds is 4. The number of hydrogen-bond acceptors (Lipinski definition) is 3. The number of aryl methyl sites for hydroxylation is 2. The van der Waals surface area contributed by atoms with Gasteiger partial charge in [-0.05, 0) is 35.7 Å². The van der Waals surface area contributed by atoms with Crippen molar-refractivity contribution in [2.75, 3.05) is 0 Å². The summed E-state index contributed by atoms with van der Waals surface area (Å²) in [6.07, 6.45) is 0.586. The molecule has 0 aliphatic rings. The molecule has 4 nitrogen and oxygen atoms in total. The molecule has 1 aromatic rings. The second-order valence-corrected chi connectivity index (χ2v) is 3.11. The van der Waals surface area contributed by atoms with E-state index in [4.69, 9.17) is 5.11 Å². The van der Waals surface area contributed by atoms with Gasteiger partial charge in [0.2, 0.25) is 0 Å². The van der Waals surface area contributed by atoms with Gasteiger partial charge in [-0.1, -0.05) is 12.1 Å². The van der Waals surface area contributed by atoms with Crippen LogP contribution in [0.15, 0.2) is 23.4 Å². The van der Waals surface area contributed by atoms with E-state index in [0.29, 0.717) is 12.1 Å². The molecule has 0 aromatic heterocycles. The number of aliphatic carboxylic acids is 1. The molecule has 0 aliphatic carbocycles. The van der Waals surface area contributed by atoms with E-state index in [0.717, 1.165) is 11.1 Å². The lowest BCUT2D eigenvalue weighted by Crippen LogP contribution is -1.97. The maximum absolute atomic E-state index is 10.3. The minimum atomic E-state index is -0.819. The van der Waals surface area contributed by atoms with Crippen LogP contribution >= 0.6 is 0 Å². The van der Waals surface area contributed by atoms with E-state index in [-0.39, 0.29) is 6.42 Å². The number of nitroso groups, excluding NO2 is 1. The van der Waals surface area contributed by atoms with E-state index in [9.17, 15) is 9.70 Å². The molecule has 0 fully saturated rings. The van der Waals surface area contributed by atoms with Crippen LogP contribution in [0.1, 0.15) is 17.5 Å². The molecule has 1 aromatic carbocycles. The van der Waals surface area contributed by atoms with Gasteiger partial charge in [-0.25, -0.2) is 0 Å². The monoisotopic (exact) mass is 193 g/mol. The summed E-state index contributed by atoms with van der Waals surface area (Å²) in [5.74, 6) is -0.819. The predicted molar refractivity (Wildman–Crippen MR) is 52.6 cm³/mol. The van der Waals surface area contributed by atoms with Gasteiger partial charge in [-0.2, -0.15) is 0 Å². The Balaban J connectivity index is 2.76. The van der Waals surface area contributed by atoms with Crippen LogP contribution in [-0.2, 0) is 11.2 Å². The summed E-state index contributed by atoms with van der Waals surface area (Å²) in [6, 6.07) is 5.13. The van der Waals surface area contributed by atoms with Crippen LogP contribution in [0.5, 0.6) is 0 Å². The average Bonchev–Trinajstić information content (AvgIpc) is 2.15. The lowest BCUT2D eigenvalue weighted by atomic mass is 10.1. The lowest BCUT2D eigenvalue weighted by molar-refractivity contribution is -0.136. The van der Waals surface area contributed by atoms with Crippen molar-refractivity contribution < 1.29 is 9.90 Å². The third-order valence-electron chi connectivity index (χ3n) is 1.99. The molecule has 0 amide bonds. The number of carboxylic acid groups (broad SMARTS) is 1. The normalized spacial score (nSPS) is 9.79. The smallest absolute Gasteiger partial charge is 0.303 e. The molecule has 0 radical (unpaired) electrons. The predicted octanol–water partition coefficient (Wildman–Crippen LogP) is 2.41. The standard InChI is InChI=1S/C10H11NO3/c1-7-6-8(3-5-10(12)13)2-4-9(7)11-14/h2,4,6H,3,5H2,1H3,(H,12,13). The minimum Gasteiger partial charge on any atom is -0.481 e. The molecule has 0 saturated heterocycles. The molecule has 0 spiro atoms. The van der Waals surface area contributed by atoms with Gasteiger partial charge in [-0.3, -0.25) is 4.79 Å². The summed E-state index contributed by atoms with van der Waals surface area (Å²) in [4.78, 5) is 20.6. The van der Waals surface area contributed by atoms with E-state index >= 15 is 0 Å². The SMILES string of the molecule is Cc1cc(CCC(=O)O)ccc1N=O. The fourth-order valence-corrected chi connectivity index (χ4v) is 1.23. The van der Waals surface area contributed by atoms with E-state index in [1.165, 1.54) is 0 Å². The van der Waals surface area contributed by atoms with E-state index < -0.39 is 5.97 Å². The van der Waals surface area contributed by atoms with Gasteiger partial charge < -0.3 is 5.11 Å². The Bertz CT molecular complexity index is 360. The first-order valence-electron chi connectivity index (χ1n) is 4.28. The van der Waals surface area contributed by atoms with Crippen molar-refractivity contribution in [2.24, 2.45) is 5.18 Å². The molecule has 0 unspecified atom stereocenters. The number of hydrogen-bond donors (Lipinski definition) is 1. The van der Waals surface area contributed by atoms with E-state index in [2.05, 4.69) is 5.18 Å². The second kappa shape index (κ2) is 4.50. The summed E-state index contributed by atoms with van der Waals surface area (Å²) in [5.41, 5.74) is 2.10. The van der Waals surface area contributed by atoms with Crippen LogP contribution < -0.4 is 0 Å². The van der Waals surface area contributed by atoms with Crippen molar-refractivity contribution in [3.63, 3.8) is 0 Å². The summed E-state index contributed by atoms with van der Waals surface area (Å²) in [5, 5.41) is 11.3. The molecule has 1 rings (SSSR count). The Labute approximate surface area is 81.5 Å². The van der Waals surface area contributed by atoms with Gasteiger partial charge in [0.05, 0.1) is 0 Å². The second-order valence-electron chi connectivity index (χ2n) is 3.11. The fraction of sp³-hybridized carbons (Fsp3) is 0.300. The Morgan fingerprint density at radius 3 is 2.71 bits per heavy atom. The van der Waals surface area contributed by atoms with Gasteiger partial charge in [-0.15, -0.1) is 4.91 Å². The third-order valence-corrected chi connectivity index (χ3v) is 1.99. The first kappa shape index (κ1) is 10.4. The lowest BCUT2D eigenvalue weighted by Gasteiger charge is -2.01. The van der Waals surface area contributed by atoms with Crippen LogP contribution in [-0.4, -0.2) is 11.1 Å². The maximum Gasteiger partial charge on any atom is 0.303 e. The molecule has 74 valence electrons. The molecule has 0 atom stereocenters. The number of carboxylic acids is 1.